The molecule has 2 aromatic rings. The van der Waals surface area contributed by atoms with Crippen LogP contribution >= 0.6 is 0 Å². The summed E-state index contributed by atoms with van der Waals surface area (Å²) in [6.45, 7) is 0.770. The van der Waals surface area contributed by atoms with E-state index in [1.54, 1.807) is 0 Å². The fraction of sp³-hybridized carbons (Fsp3) is 0.348. The number of carbonyl (C=O) groups is 4. The summed E-state index contributed by atoms with van der Waals surface area (Å²) in [4.78, 5) is 60.9. The third-order valence-electron chi connectivity index (χ3n) is 5.22. The Hall–Kier alpha value is -4.44. The molecule has 0 fully saturated rings. The van der Waals surface area contributed by atoms with Gasteiger partial charge in [-0.1, -0.05) is 6.92 Å². The minimum Gasteiger partial charge on any atom is -0.481 e. The highest BCUT2D eigenvalue weighted by Gasteiger charge is 2.35. The number of hydrogen-bond donors (Lipinski definition) is 3. The number of aliphatic carboxylic acids is 1. The van der Waals surface area contributed by atoms with Crippen LogP contribution in [-0.4, -0.2) is 45.9 Å². The third kappa shape index (κ3) is 7.57. The quantitative estimate of drug-likeness (QED) is 0.273. The number of amides is 2. The zero-order chi connectivity index (χ0) is 30.5. The Bertz CT molecular complexity index is 1370. The van der Waals surface area contributed by atoms with Crippen molar-refractivity contribution in [3.63, 3.8) is 0 Å². The second-order valence-corrected chi connectivity index (χ2v) is 8.17. The number of hydrogen-bond acceptors (Lipinski definition) is 6. The van der Waals surface area contributed by atoms with E-state index in [1.165, 1.54) is 6.92 Å². The van der Waals surface area contributed by atoms with Crippen molar-refractivity contribution in [3.8, 4) is 5.75 Å². The van der Waals surface area contributed by atoms with Gasteiger partial charge in [0.15, 0.2) is 23.2 Å². The zero-order valence-electron chi connectivity index (χ0n) is 20.5. The van der Waals surface area contributed by atoms with Crippen LogP contribution in [0.25, 0.3) is 0 Å². The van der Waals surface area contributed by atoms with Crippen molar-refractivity contribution in [3.05, 3.63) is 57.5 Å². The average Bonchev–Trinajstić information content (AvgIpc) is 2.83. The molecule has 0 spiro atoms. The van der Waals surface area contributed by atoms with E-state index in [9.17, 15) is 54.7 Å². The molecule has 10 nitrogen and oxygen atoms in total. The maximum absolute atomic E-state index is 13.8. The van der Waals surface area contributed by atoms with Gasteiger partial charge in [-0.05, 0) is 12.5 Å². The first-order chi connectivity index (χ1) is 18.5. The molecule has 40 heavy (non-hydrogen) atoms. The molecule has 1 aromatic heterocycles. The standard InChI is InChI=1S/C23H20F7N3O7/c1-3-15(33-7-10(23(28,29)30)4-14(22(33)39)31-9(2)34)21(38)32-13(6-17(36)37)16(35)8-40-20-18(26)11(24)5-12(25)19(20)27/h4-5,7,13,15H,3,6,8H2,1-2H3,(H,31,34)(H,32,38)(H,36,37). The summed E-state index contributed by atoms with van der Waals surface area (Å²) in [5.41, 5.74) is -3.50. The molecule has 0 aliphatic heterocycles. The lowest BCUT2D eigenvalue weighted by molar-refractivity contribution is -0.141. The highest BCUT2D eigenvalue weighted by atomic mass is 19.4. The number of Topliss-reactive ketones (excluding diaryl/α,β-unsaturated/α-hetero) is 1. The molecular weight excluding hydrogens is 563 g/mol. The van der Waals surface area contributed by atoms with E-state index in [0.717, 1.165) is 6.92 Å². The van der Waals surface area contributed by atoms with Crippen LogP contribution in [0.2, 0.25) is 0 Å². The van der Waals surface area contributed by atoms with Crippen LogP contribution in [0.1, 0.15) is 38.3 Å². The number of nitrogens with one attached hydrogen (secondary N) is 2. The Morgan fingerprint density at radius 3 is 2.10 bits per heavy atom. The Balaban J connectivity index is 2.40. The van der Waals surface area contributed by atoms with E-state index in [-0.39, 0.29) is 18.7 Å². The molecule has 2 unspecified atom stereocenters. The minimum atomic E-state index is -5.03. The van der Waals surface area contributed by atoms with Gasteiger partial charge in [-0.2, -0.15) is 22.0 Å². The molecule has 0 saturated heterocycles. The number of ketones is 1. The molecule has 2 amide bonds. The summed E-state index contributed by atoms with van der Waals surface area (Å²) in [6.07, 6.45) is -6.29. The third-order valence-corrected chi connectivity index (χ3v) is 5.22. The number of carboxylic acids is 1. The summed E-state index contributed by atoms with van der Waals surface area (Å²) >= 11 is 0. The maximum atomic E-state index is 13.8. The number of halogens is 7. The van der Waals surface area contributed by atoms with E-state index in [2.05, 4.69) is 4.74 Å². The van der Waals surface area contributed by atoms with Crippen molar-refractivity contribution in [1.82, 2.24) is 9.88 Å². The van der Waals surface area contributed by atoms with E-state index in [1.807, 2.05) is 10.6 Å². The van der Waals surface area contributed by atoms with Crippen molar-refractivity contribution < 1.29 is 59.8 Å². The van der Waals surface area contributed by atoms with Crippen molar-refractivity contribution >= 4 is 29.3 Å². The Morgan fingerprint density at radius 1 is 1.05 bits per heavy atom. The molecule has 2 atom stereocenters. The number of anilines is 1. The first-order valence-corrected chi connectivity index (χ1v) is 11.1. The predicted molar refractivity (Wildman–Crippen MR) is 120 cm³/mol. The number of ether oxygens (including phenoxy) is 1. The van der Waals surface area contributed by atoms with E-state index in [4.69, 9.17) is 5.11 Å². The Kier molecular flexibility index (Phi) is 10.0. The lowest BCUT2D eigenvalue weighted by atomic mass is 10.1. The fourth-order valence-corrected chi connectivity index (χ4v) is 3.39. The van der Waals surface area contributed by atoms with E-state index >= 15 is 0 Å². The van der Waals surface area contributed by atoms with Crippen LogP contribution in [0.3, 0.4) is 0 Å². The average molecular weight is 583 g/mol. The van der Waals surface area contributed by atoms with Gasteiger partial charge in [0, 0.05) is 19.2 Å². The summed E-state index contributed by atoms with van der Waals surface area (Å²) in [7, 11) is 0. The van der Waals surface area contributed by atoms with Gasteiger partial charge in [0.1, 0.15) is 24.4 Å². The normalized spacial score (nSPS) is 12.8. The smallest absolute Gasteiger partial charge is 0.417 e. The topological polar surface area (TPSA) is 144 Å². The second-order valence-electron chi connectivity index (χ2n) is 8.17. The number of carbonyl (C=O) groups excluding carboxylic acids is 3. The van der Waals surface area contributed by atoms with Gasteiger partial charge in [-0.15, -0.1) is 0 Å². The van der Waals surface area contributed by atoms with Crippen LogP contribution in [0.4, 0.5) is 36.4 Å². The Labute approximate surface area is 219 Å². The molecule has 218 valence electrons. The minimum absolute atomic E-state index is 0.134. The number of carboxylic acid groups (broad SMARTS) is 1. The van der Waals surface area contributed by atoms with Gasteiger partial charge in [-0.25, -0.2) is 8.78 Å². The van der Waals surface area contributed by atoms with Crippen molar-refractivity contribution in [2.75, 3.05) is 11.9 Å². The van der Waals surface area contributed by atoms with E-state index in [0.29, 0.717) is 10.6 Å². The number of rotatable bonds is 11. The van der Waals surface area contributed by atoms with Crippen LogP contribution in [0.5, 0.6) is 5.75 Å². The molecule has 0 aliphatic rings. The molecule has 0 aliphatic carbocycles. The highest BCUT2D eigenvalue weighted by Crippen LogP contribution is 2.31. The van der Waals surface area contributed by atoms with Crippen molar-refractivity contribution in [1.29, 1.82) is 0 Å². The number of pyridine rings is 1. The van der Waals surface area contributed by atoms with Crippen LogP contribution < -0.4 is 20.9 Å². The van der Waals surface area contributed by atoms with Gasteiger partial charge < -0.3 is 25.0 Å². The second kappa shape index (κ2) is 12.6. The zero-order valence-corrected chi connectivity index (χ0v) is 20.5. The number of aromatic nitrogens is 1. The predicted octanol–water partition coefficient (Wildman–Crippen LogP) is 2.94. The van der Waals surface area contributed by atoms with Crippen molar-refractivity contribution in [2.45, 2.75) is 44.9 Å². The molecule has 0 bridgehead atoms. The summed E-state index contributed by atoms with van der Waals surface area (Å²) in [5, 5.41) is 12.9. The molecule has 0 saturated carbocycles. The molecular formula is C23H20F7N3O7. The van der Waals surface area contributed by atoms with E-state index < -0.39 is 101 Å². The monoisotopic (exact) mass is 583 g/mol. The van der Waals surface area contributed by atoms with Crippen LogP contribution in [-0.2, 0) is 25.4 Å². The summed E-state index contributed by atoms with van der Waals surface area (Å²) in [5.74, 6) is -14.7. The highest BCUT2D eigenvalue weighted by molar-refractivity contribution is 5.94. The first-order valence-electron chi connectivity index (χ1n) is 11.1. The van der Waals surface area contributed by atoms with Crippen LogP contribution in [0.15, 0.2) is 23.1 Å². The van der Waals surface area contributed by atoms with Gasteiger partial charge in [0.05, 0.1) is 12.0 Å². The van der Waals surface area contributed by atoms with Gasteiger partial charge >= 0.3 is 12.1 Å². The lowest BCUT2D eigenvalue weighted by Gasteiger charge is -2.23. The van der Waals surface area contributed by atoms with Crippen molar-refractivity contribution in [2.24, 2.45) is 0 Å². The molecule has 0 radical (unpaired) electrons. The molecule has 3 N–H and O–H groups in total. The largest absolute Gasteiger partial charge is 0.481 e. The molecule has 2 rings (SSSR count). The van der Waals surface area contributed by atoms with Gasteiger partial charge in [-0.3, -0.25) is 24.0 Å². The fourth-order valence-electron chi connectivity index (χ4n) is 3.39. The molecule has 1 aromatic carbocycles. The maximum Gasteiger partial charge on any atom is 0.417 e. The summed E-state index contributed by atoms with van der Waals surface area (Å²) in [6, 6.07) is -3.60. The molecule has 17 heteroatoms. The first kappa shape index (κ1) is 31.8. The van der Waals surface area contributed by atoms with Crippen LogP contribution in [0, 0.1) is 23.3 Å². The van der Waals surface area contributed by atoms with Gasteiger partial charge in [0.25, 0.3) is 5.56 Å². The Morgan fingerprint density at radius 2 is 1.62 bits per heavy atom. The SMILES string of the molecule is CCC(C(=O)NC(CC(=O)O)C(=O)COc1c(F)c(F)cc(F)c1F)n1cc(C(F)(F)F)cc(NC(C)=O)c1=O. The molecule has 1 heterocycles. The number of alkyl halides is 3. The lowest BCUT2D eigenvalue weighted by Crippen LogP contribution is -2.48. The number of nitrogens with zero attached hydrogens (tertiary/aromatic N) is 1. The summed E-state index contributed by atoms with van der Waals surface area (Å²) < 4.78 is 99.4. The number of benzene rings is 1. The van der Waals surface area contributed by atoms with Gasteiger partial charge in [0.2, 0.25) is 23.4 Å².